The Balaban J connectivity index is 1.91. The molecule has 0 radical (unpaired) electrons. The normalized spacial score (nSPS) is 12.1. The maximum Gasteiger partial charge on any atom is 0.322 e. The van der Waals surface area contributed by atoms with Gasteiger partial charge in [0.05, 0.1) is 17.6 Å². The fourth-order valence-corrected chi connectivity index (χ4v) is 1.87. The smallest absolute Gasteiger partial charge is 0.322 e. The van der Waals surface area contributed by atoms with Gasteiger partial charge in [0.1, 0.15) is 11.9 Å². The Morgan fingerprint density at radius 2 is 2.10 bits per heavy atom. The zero-order valence-corrected chi connectivity index (χ0v) is 11.5. The van der Waals surface area contributed by atoms with Crippen molar-refractivity contribution < 1.29 is 14.7 Å². The number of amides is 2. The van der Waals surface area contributed by atoms with Gasteiger partial charge in [-0.3, -0.25) is 4.79 Å². The molecule has 1 aromatic heterocycles. The molecule has 0 aliphatic heterocycles. The molecule has 0 fully saturated rings. The van der Waals surface area contributed by atoms with Gasteiger partial charge in [-0.25, -0.2) is 9.78 Å². The number of carbonyl (C=O) groups is 2. The predicted octanol–water partition coefficient (Wildman–Crippen LogP) is -0.216. The van der Waals surface area contributed by atoms with Crippen molar-refractivity contribution in [3.8, 4) is 0 Å². The molecule has 1 heterocycles. The summed E-state index contributed by atoms with van der Waals surface area (Å²) in [5.41, 5.74) is 7.12. The average molecular weight is 291 g/mol. The van der Waals surface area contributed by atoms with E-state index in [0.29, 0.717) is 5.82 Å². The Morgan fingerprint density at radius 3 is 2.76 bits per heavy atom. The first-order valence-electron chi connectivity index (χ1n) is 6.39. The van der Waals surface area contributed by atoms with Crippen LogP contribution in [0.5, 0.6) is 0 Å². The van der Waals surface area contributed by atoms with Gasteiger partial charge >= 0.3 is 12.0 Å². The van der Waals surface area contributed by atoms with Crippen molar-refractivity contribution in [1.82, 2.24) is 20.2 Å². The molecule has 0 bridgehead atoms. The van der Waals surface area contributed by atoms with Crippen LogP contribution in [0.1, 0.15) is 5.82 Å². The van der Waals surface area contributed by atoms with Crippen LogP contribution in [0.3, 0.4) is 0 Å². The lowest BCUT2D eigenvalue weighted by molar-refractivity contribution is -0.138. The van der Waals surface area contributed by atoms with Gasteiger partial charge < -0.3 is 26.0 Å². The van der Waals surface area contributed by atoms with Crippen molar-refractivity contribution in [3.63, 3.8) is 0 Å². The third-order valence-electron chi connectivity index (χ3n) is 3.09. The summed E-state index contributed by atoms with van der Waals surface area (Å²) >= 11 is 0. The van der Waals surface area contributed by atoms with Crippen LogP contribution in [0.4, 0.5) is 4.79 Å². The molecule has 21 heavy (non-hydrogen) atoms. The highest BCUT2D eigenvalue weighted by Gasteiger charge is 2.13. The molecule has 112 valence electrons. The van der Waals surface area contributed by atoms with Gasteiger partial charge in [-0.15, -0.1) is 0 Å². The third-order valence-corrected chi connectivity index (χ3v) is 3.09. The second-order valence-electron chi connectivity index (χ2n) is 4.58. The van der Waals surface area contributed by atoms with E-state index < -0.39 is 18.0 Å². The molecule has 1 atom stereocenters. The van der Waals surface area contributed by atoms with Gasteiger partial charge in [0.15, 0.2) is 0 Å². The summed E-state index contributed by atoms with van der Waals surface area (Å²) in [5.74, 6) is -0.459. The number of carboxylic acid groups (broad SMARTS) is 1. The van der Waals surface area contributed by atoms with Crippen LogP contribution in [0.15, 0.2) is 24.3 Å². The van der Waals surface area contributed by atoms with Crippen LogP contribution >= 0.6 is 0 Å². The molecule has 2 amide bonds. The van der Waals surface area contributed by atoms with Crippen molar-refractivity contribution in [1.29, 1.82) is 0 Å². The highest BCUT2D eigenvalue weighted by atomic mass is 16.4. The SMILES string of the molecule is Cn1c(CNC(=O)NC[C@H](N)C(=O)O)nc2ccccc21. The lowest BCUT2D eigenvalue weighted by Crippen LogP contribution is -2.45. The van der Waals surface area contributed by atoms with Crippen LogP contribution in [0.25, 0.3) is 11.0 Å². The number of hydrogen-bond acceptors (Lipinski definition) is 4. The molecule has 5 N–H and O–H groups in total. The van der Waals surface area contributed by atoms with Crippen molar-refractivity contribution in [2.45, 2.75) is 12.6 Å². The second kappa shape index (κ2) is 6.23. The van der Waals surface area contributed by atoms with Gasteiger partial charge in [0.25, 0.3) is 0 Å². The third kappa shape index (κ3) is 3.48. The summed E-state index contributed by atoms with van der Waals surface area (Å²) in [7, 11) is 1.87. The van der Waals surface area contributed by atoms with Crippen LogP contribution < -0.4 is 16.4 Å². The Morgan fingerprint density at radius 1 is 1.38 bits per heavy atom. The second-order valence-corrected chi connectivity index (χ2v) is 4.58. The molecule has 2 aromatic rings. The number of nitrogens with zero attached hydrogens (tertiary/aromatic N) is 2. The van der Waals surface area contributed by atoms with Crippen LogP contribution in [-0.2, 0) is 18.4 Å². The molecule has 0 saturated heterocycles. The summed E-state index contributed by atoms with van der Waals surface area (Å²) in [4.78, 5) is 26.5. The number of carboxylic acids is 1. The number of imidazole rings is 1. The first-order valence-corrected chi connectivity index (χ1v) is 6.39. The number of aliphatic carboxylic acids is 1. The molecule has 8 heteroatoms. The summed E-state index contributed by atoms with van der Waals surface area (Å²) in [6, 6.07) is 6.04. The topological polar surface area (TPSA) is 122 Å². The number of aryl methyl sites for hydroxylation is 1. The first kappa shape index (κ1) is 14.8. The van der Waals surface area contributed by atoms with Crippen LogP contribution in [0.2, 0.25) is 0 Å². The molecular formula is C13H17N5O3. The molecule has 0 saturated carbocycles. The number of fused-ring (bicyclic) bond motifs is 1. The Labute approximate surface area is 120 Å². The molecule has 0 spiro atoms. The van der Waals surface area contributed by atoms with E-state index in [2.05, 4.69) is 15.6 Å². The van der Waals surface area contributed by atoms with E-state index >= 15 is 0 Å². The van der Waals surface area contributed by atoms with Crippen molar-refractivity contribution in [2.24, 2.45) is 12.8 Å². The first-order chi connectivity index (χ1) is 9.99. The van der Waals surface area contributed by atoms with E-state index in [4.69, 9.17) is 10.8 Å². The molecule has 8 nitrogen and oxygen atoms in total. The maximum absolute atomic E-state index is 11.6. The van der Waals surface area contributed by atoms with Crippen molar-refractivity contribution in [3.05, 3.63) is 30.1 Å². The minimum atomic E-state index is -1.16. The van der Waals surface area contributed by atoms with Gasteiger partial charge in [-0.05, 0) is 12.1 Å². The Kier molecular flexibility index (Phi) is 4.39. The fraction of sp³-hybridized carbons (Fsp3) is 0.308. The van der Waals surface area contributed by atoms with E-state index in [1.54, 1.807) is 0 Å². The zero-order valence-electron chi connectivity index (χ0n) is 11.5. The van der Waals surface area contributed by atoms with Gasteiger partial charge in [-0.1, -0.05) is 12.1 Å². The number of aromatic nitrogens is 2. The molecular weight excluding hydrogens is 274 g/mol. The van der Waals surface area contributed by atoms with Crippen LogP contribution in [0, 0.1) is 0 Å². The summed E-state index contributed by atoms with van der Waals surface area (Å²) < 4.78 is 1.89. The van der Waals surface area contributed by atoms with E-state index in [1.165, 1.54) is 0 Å². The van der Waals surface area contributed by atoms with Crippen LogP contribution in [-0.4, -0.2) is 39.2 Å². The zero-order chi connectivity index (χ0) is 15.4. The lowest BCUT2D eigenvalue weighted by atomic mass is 10.3. The number of benzene rings is 1. The minimum absolute atomic E-state index is 0.135. The lowest BCUT2D eigenvalue weighted by Gasteiger charge is -2.09. The molecule has 0 aliphatic carbocycles. The van der Waals surface area contributed by atoms with Gasteiger partial charge in [-0.2, -0.15) is 0 Å². The standard InChI is InChI=1S/C13H17N5O3/c1-18-10-5-3-2-4-9(10)17-11(18)7-16-13(21)15-6-8(14)12(19)20/h2-5,8H,6-7,14H2,1H3,(H,19,20)(H2,15,16,21)/t8-/m0/s1. The maximum atomic E-state index is 11.6. The van der Waals surface area contributed by atoms with E-state index in [9.17, 15) is 9.59 Å². The van der Waals surface area contributed by atoms with Gasteiger partial charge in [0.2, 0.25) is 0 Å². The number of nitrogens with two attached hydrogens (primary N) is 1. The number of para-hydroxylation sites is 2. The summed E-state index contributed by atoms with van der Waals surface area (Å²) in [5, 5.41) is 13.6. The van der Waals surface area contributed by atoms with E-state index in [-0.39, 0.29) is 13.1 Å². The van der Waals surface area contributed by atoms with Crippen molar-refractivity contribution in [2.75, 3.05) is 6.54 Å². The van der Waals surface area contributed by atoms with E-state index in [0.717, 1.165) is 11.0 Å². The summed E-state index contributed by atoms with van der Waals surface area (Å²) in [6.07, 6.45) is 0. The number of hydrogen-bond donors (Lipinski definition) is 4. The largest absolute Gasteiger partial charge is 0.480 e. The predicted molar refractivity (Wildman–Crippen MR) is 76.6 cm³/mol. The highest BCUT2D eigenvalue weighted by Crippen LogP contribution is 2.13. The van der Waals surface area contributed by atoms with Crippen molar-refractivity contribution >= 4 is 23.0 Å². The monoisotopic (exact) mass is 291 g/mol. The fourth-order valence-electron chi connectivity index (χ4n) is 1.87. The summed E-state index contributed by atoms with van der Waals surface area (Å²) in [6.45, 7) is 0.100. The molecule has 0 aliphatic rings. The molecule has 2 rings (SSSR count). The number of carbonyl (C=O) groups excluding carboxylic acids is 1. The number of nitrogens with one attached hydrogen (secondary N) is 2. The number of urea groups is 1. The number of rotatable bonds is 5. The molecule has 1 aromatic carbocycles. The highest BCUT2D eigenvalue weighted by molar-refractivity contribution is 5.78. The van der Waals surface area contributed by atoms with E-state index in [1.807, 2.05) is 35.9 Å². The average Bonchev–Trinajstić information content (AvgIpc) is 2.79. The Bertz CT molecular complexity index is 667. The quantitative estimate of drug-likeness (QED) is 0.607. The van der Waals surface area contributed by atoms with Gasteiger partial charge in [0, 0.05) is 13.6 Å². The Hall–Kier alpha value is -2.61. The molecule has 0 unspecified atom stereocenters. The minimum Gasteiger partial charge on any atom is -0.480 e.